The van der Waals surface area contributed by atoms with Crippen LogP contribution in [0.3, 0.4) is 0 Å². The number of pyridine rings is 1. The first-order valence-corrected chi connectivity index (χ1v) is 7.36. The second-order valence-electron chi connectivity index (χ2n) is 5.39. The first-order valence-electron chi connectivity index (χ1n) is 7.36. The highest BCUT2D eigenvalue weighted by atomic mass is 16.5. The molecule has 0 N–H and O–H groups in total. The first-order chi connectivity index (χ1) is 10.6. The Bertz CT molecular complexity index is 626. The van der Waals surface area contributed by atoms with E-state index < -0.39 is 0 Å². The zero-order valence-corrected chi connectivity index (χ0v) is 13.4. The third-order valence-corrected chi connectivity index (χ3v) is 3.59. The van der Waals surface area contributed by atoms with Crippen molar-refractivity contribution in [1.29, 1.82) is 0 Å². The van der Waals surface area contributed by atoms with Crippen molar-refractivity contribution >= 4 is 5.91 Å². The fraction of sp³-hybridized carbons (Fsp3) is 0.333. The third-order valence-electron chi connectivity index (χ3n) is 3.59. The van der Waals surface area contributed by atoms with Crippen LogP contribution in [0, 0.1) is 13.8 Å². The number of hydrogen-bond acceptors (Lipinski definition) is 3. The summed E-state index contributed by atoms with van der Waals surface area (Å²) in [6.07, 6.45) is 3.48. The molecule has 22 heavy (non-hydrogen) atoms. The van der Waals surface area contributed by atoms with Crippen molar-refractivity contribution < 1.29 is 9.53 Å². The lowest BCUT2D eigenvalue weighted by molar-refractivity contribution is 0.0679. The number of benzene rings is 1. The molecule has 0 radical (unpaired) electrons. The quantitative estimate of drug-likeness (QED) is 0.823. The van der Waals surface area contributed by atoms with E-state index in [4.69, 9.17) is 4.74 Å². The Morgan fingerprint density at radius 1 is 1.18 bits per heavy atom. The van der Waals surface area contributed by atoms with Gasteiger partial charge in [-0.15, -0.1) is 0 Å². The SMILES string of the molecule is COCCN(Cc1ccncc1)C(=O)c1ccc(C)cc1C. The van der Waals surface area contributed by atoms with Gasteiger partial charge in [-0.3, -0.25) is 9.78 Å². The second kappa shape index (κ2) is 7.71. The molecule has 0 unspecified atom stereocenters. The van der Waals surface area contributed by atoms with E-state index in [0.29, 0.717) is 19.7 Å². The molecule has 0 aliphatic carbocycles. The van der Waals surface area contributed by atoms with Crippen molar-refractivity contribution in [1.82, 2.24) is 9.88 Å². The Morgan fingerprint density at radius 2 is 1.91 bits per heavy atom. The number of hydrogen-bond donors (Lipinski definition) is 0. The van der Waals surface area contributed by atoms with Gasteiger partial charge >= 0.3 is 0 Å². The summed E-state index contributed by atoms with van der Waals surface area (Å²) in [6.45, 7) is 5.63. The van der Waals surface area contributed by atoms with Gasteiger partial charge in [0.05, 0.1) is 6.61 Å². The monoisotopic (exact) mass is 298 g/mol. The fourth-order valence-corrected chi connectivity index (χ4v) is 2.39. The molecule has 1 amide bonds. The zero-order chi connectivity index (χ0) is 15.9. The second-order valence-corrected chi connectivity index (χ2v) is 5.39. The van der Waals surface area contributed by atoms with Crippen LogP contribution in [0.2, 0.25) is 0 Å². The Labute approximate surface area is 131 Å². The van der Waals surface area contributed by atoms with Crippen LogP contribution in [0.15, 0.2) is 42.7 Å². The lowest BCUT2D eigenvalue weighted by Gasteiger charge is -2.23. The van der Waals surface area contributed by atoms with Gasteiger partial charge in [-0.05, 0) is 43.2 Å². The summed E-state index contributed by atoms with van der Waals surface area (Å²) in [6, 6.07) is 9.76. The number of nitrogens with zero attached hydrogens (tertiary/aromatic N) is 2. The summed E-state index contributed by atoms with van der Waals surface area (Å²) >= 11 is 0. The van der Waals surface area contributed by atoms with Gasteiger partial charge < -0.3 is 9.64 Å². The molecular weight excluding hydrogens is 276 g/mol. The van der Waals surface area contributed by atoms with E-state index >= 15 is 0 Å². The van der Waals surface area contributed by atoms with E-state index in [1.807, 2.05) is 49.1 Å². The van der Waals surface area contributed by atoms with E-state index in [9.17, 15) is 4.79 Å². The average Bonchev–Trinajstić information content (AvgIpc) is 2.52. The summed E-state index contributed by atoms with van der Waals surface area (Å²) in [5.74, 6) is 0.0337. The topological polar surface area (TPSA) is 42.4 Å². The predicted molar refractivity (Wildman–Crippen MR) is 86.8 cm³/mol. The largest absolute Gasteiger partial charge is 0.383 e. The van der Waals surface area contributed by atoms with Gasteiger partial charge in [0.15, 0.2) is 0 Å². The Kier molecular flexibility index (Phi) is 5.67. The minimum absolute atomic E-state index is 0.0337. The number of ether oxygens (including phenoxy) is 1. The fourth-order valence-electron chi connectivity index (χ4n) is 2.39. The first kappa shape index (κ1) is 16.2. The molecule has 0 bridgehead atoms. The Morgan fingerprint density at radius 3 is 2.55 bits per heavy atom. The van der Waals surface area contributed by atoms with E-state index in [-0.39, 0.29) is 5.91 Å². The molecule has 1 aromatic heterocycles. The highest BCUT2D eigenvalue weighted by Crippen LogP contribution is 2.15. The van der Waals surface area contributed by atoms with E-state index in [1.165, 1.54) is 0 Å². The molecule has 0 saturated heterocycles. The van der Waals surface area contributed by atoms with Crippen LogP contribution in [0.4, 0.5) is 0 Å². The van der Waals surface area contributed by atoms with Crippen LogP contribution in [0.5, 0.6) is 0 Å². The van der Waals surface area contributed by atoms with Crippen LogP contribution in [-0.4, -0.2) is 36.1 Å². The van der Waals surface area contributed by atoms with Gasteiger partial charge in [-0.25, -0.2) is 0 Å². The van der Waals surface area contributed by atoms with E-state index in [1.54, 1.807) is 19.5 Å². The smallest absolute Gasteiger partial charge is 0.254 e. The summed E-state index contributed by atoms with van der Waals surface area (Å²) in [7, 11) is 1.65. The molecular formula is C18H22N2O2. The van der Waals surface area contributed by atoms with Crippen molar-refractivity contribution in [3.05, 3.63) is 65.0 Å². The molecule has 0 fully saturated rings. The molecule has 0 saturated carbocycles. The number of aryl methyl sites for hydroxylation is 2. The normalized spacial score (nSPS) is 10.5. The van der Waals surface area contributed by atoms with Crippen molar-refractivity contribution in [2.24, 2.45) is 0 Å². The number of methoxy groups -OCH3 is 1. The molecule has 0 aliphatic heterocycles. The number of rotatable bonds is 6. The van der Waals surface area contributed by atoms with Gasteiger partial charge in [-0.2, -0.15) is 0 Å². The lowest BCUT2D eigenvalue weighted by Crippen LogP contribution is -2.33. The molecule has 2 aromatic rings. The van der Waals surface area contributed by atoms with E-state index in [2.05, 4.69) is 4.98 Å². The lowest BCUT2D eigenvalue weighted by atomic mass is 10.0. The zero-order valence-electron chi connectivity index (χ0n) is 13.4. The molecule has 1 aromatic carbocycles. The molecule has 0 spiro atoms. The average molecular weight is 298 g/mol. The van der Waals surface area contributed by atoms with Gasteiger partial charge in [-0.1, -0.05) is 17.7 Å². The predicted octanol–water partition coefficient (Wildman–Crippen LogP) is 2.99. The summed E-state index contributed by atoms with van der Waals surface area (Å²) in [4.78, 5) is 18.7. The summed E-state index contributed by atoms with van der Waals surface area (Å²) in [5, 5.41) is 0. The van der Waals surface area contributed by atoms with E-state index in [0.717, 1.165) is 22.3 Å². The number of aromatic nitrogens is 1. The van der Waals surface area contributed by atoms with Crippen molar-refractivity contribution in [2.75, 3.05) is 20.3 Å². The van der Waals surface area contributed by atoms with Crippen LogP contribution >= 0.6 is 0 Å². The van der Waals surface area contributed by atoms with Crippen LogP contribution in [0.1, 0.15) is 27.0 Å². The molecule has 1 heterocycles. The maximum absolute atomic E-state index is 12.8. The molecule has 4 heteroatoms. The van der Waals surface area contributed by atoms with Crippen LogP contribution < -0.4 is 0 Å². The standard InChI is InChI=1S/C18H22N2O2/c1-14-4-5-17(15(2)12-14)18(21)20(10-11-22-3)13-16-6-8-19-9-7-16/h4-9,12H,10-11,13H2,1-3H3. The third kappa shape index (κ3) is 4.15. The molecule has 116 valence electrons. The van der Waals surface area contributed by atoms with Crippen molar-refractivity contribution in [2.45, 2.75) is 20.4 Å². The van der Waals surface area contributed by atoms with Crippen LogP contribution in [-0.2, 0) is 11.3 Å². The molecule has 4 nitrogen and oxygen atoms in total. The van der Waals surface area contributed by atoms with Gasteiger partial charge in [0.2, 0.25) is 0 Å². The highest BCUT2D eigenvalue weighted by Gasteiger charge is 2.17. The van der Waals surface area contributed by atoms with Gasteiger partial charge in [0.1, 0.15) is 0 Å². The summed E-state index contributed by atoms with van der Waals surface area (Å²) < 4.78 is 5.14. The number of carbonyl (C=O) groups excluding carboxylic acids is 1. The number of amides is 1. The maximum Gasteiger partial charge on any atom is 0.254 e. The van der Waals surface area contributed by atoms with Gasteiger partial charge in [0, 0.05) is 38.2 Å². The minimum Gasteiger partial charge on any atom is -0.383 e. The van der Waals surface area contributed by atoms with Crippen LogP contribution in [0.25, 0.3) is 0 Å². The summed E-state index contributed by atoms with van der Waals surface area (Å²) in [5.41, 5.74) is 3.97. The highest BCUT2D eigenvalue weighted by molar-refractivity contribution is 5.95. The Hall–Kier alpha value is -2.20. The van der Waals surface area contributed by atoms with Crippen molar-refractivity contribution in [3.63, 3.8) is 0 Å². The number of carbonyl (C=O) groups is 1. The maximum atomic E-state index is 12.8. The minimum atomic E-state index is 0.0337. The molecule has 0 aliphatic rings. The Balaban J connectivity index is 2.22. The molecule has 0 atom stereocenters. The van der Waals surface area contributed by atoms with Crippen molar-refractivity contribution in [3.8, 4) is 0 Å². The molecule has 2 rings (SSSR count). The van der Waals surface area contributed by atoms with Gasteiger partial charge in [0.25, 0.3) is 5.91 Å².